The molecule has 0 aliphatic heterocycles. The number of ether oxygens (including phenoxy) is 1. The fourth-order valence-electron chi connectivity index (χ4n) is 1.51. The fourth-order valence-corrected chi connectivity index (χ4v) is 1.95. The van der Waals surface area contributed by atoms with E-state index in [-0.39, 0.29) is 23.7 Å². The van der Waals surface area contributed by atoms with Gasteiger partial charge in [0.05, 0.1) is 0 Å². The Balaban J connectivity index is 2.04. The molecule has 0 aliphatic rings. The molecule has 0 aromatic heterocycles. The predicted octanol–water partition coefficient (Wildman–Crippen LogP) is 3.99. The molecular weight excluding hydrogens is 318 g/mol. The van der Waals surface area contributed by atoms with Crippen LogP contribution in [0.15, 0.2) is 46.9 Å². The van der Waals surface area contributed by atoms with Crippen molar-refractivity contribution in [1.82, 2.24) is 0 Å². The SMILES string of the molecule is O=C(COc1cc(F)cc(Br)c1)c1cccc(F)c1. The molecule has 2 aromatic rings. The molecule has 2 rings (SSSR count). The van der Waals surface area contributed by atoms with E-state index in [9.17, 15) is 13.6 Å². The molecule has 0 spiro atoms. The second-order valence-corrected chi connectivity index (χ2v) is 4.74. The quantitative estimate of drug-likeness (QED) is 0.794. The molecule has 0 saturated heterocycles. The molecule has 2 nitrogen and oxygen atoms in total. The van der Waals surface area contributed by atoms with Gasteiger partial charge in [0, 0.05) is 16.1 Å². The van der Waals surface area contributed by atoms with Crippen LogP contribution in [0, 0.1) is 11.6 Å². The highest BCUT2D eigenvalue weighted by Gasteiger charge is 2.08. The summed E-state index contributed by atoms with van der Waals surface area (Å²) in [6.45, 7) is -0.278. The Kier molecular flexibility index (Phi) is 4.27. The van der Waals surface area contributed by atoms with E-state index in [4.69, 9.17) is 4.74 Å². The zero-order valence-electron chi connectivity index (χ0n) is 9.70. The van der Waals surface area contributed by atoms with E-state index in [2.05, 4.69) is 15.9 Å². The van der Waals surface area contributed by atoms with Gasteiger partial charge in [0.25, 0.3) is 0 Å². The number of halogens is 3. The number of ketones is 1. The van der Waals surface area contributed by atoms with Gasteiger partial charge in [-0.25, -0.2) is 8.78 Å². The van der Waals surface area contributed by atoms with Gasteiger partial charge in [0.15, 0.2) is 12.4 Å². The molecule has 5 heteroatoms. The maximum Gasteiger partial charge on any atom is 0.200 e. The molecule has 19 heavy (non-hydrogen) atoms. The van der Waals surface area contributed by atoms with E-state index in [1.54, 1.807) is 6.07 Å². The Labute approximate surface area is 117 Å². The molecule has 0 heterocycles. The summed E-state index contributed by atoms with van der Waals surface area (Å²) in [4.78, 5) is 11.7. The van der Waals surface area contributed by atoms with Crippen molar-refractivity contribution in [3.8, 4) is 5.75 Å². The zero-order chi connectivity index (χ0) is 13.8. The third-order valence-electron chi connectivity index (χ3n) is 2.35. The molecular formula is C14H9BrF2O2. The first-order valence-electron chi connectivity index (χ1n) is 5.42. The van der Waals surface area contributed by atoms with Crippen LogP contribution in [0.25, 0.3) is 0 Å². The van der Waals surface area contributed by atoms with Crippen LogP contribution in [0.5, 0.6) is 5.75 Å². The van der Waals surface area contributed by atoms with E-state index in [0.29, 0.717) is 4.47 Å². The van der Waals surface area contributed by atoms with Crippen molar-refractivity contribution in [2.75, 3.05) is 6.61 Å². The normalized spacial score (nSPS) is 10.3. The van der Waals surface area contributed by atoms with E-state index in [0.717, 1.165) is 6.07 Å². The minimum atomic E-state index is -0.487. The number of hydrogen-bond acceptors (Lipinski definition) is 2. The largest absolute Gasteiger partial charge is 0.485 e. The van der Waals surface area contributed by atoms with Crippen molar-refractivity contribution in [3.63, 3.8) is 0 Å². The number of carbonyl (C=O) groups excluding carboxylic acids is 1. The Bertz CT molecular complexity index is 594. The minimum Gasteiger partial charge on any atom is -0.485 e. The van der Waals surface area contributed by atoms with Gasteiger partial charge in [-0.15, -0.1) is 0 Å². The summed E-state index contributed by atoms with van der Waals surface area (Å²) in [5.74, 6) is -1.10. The van der Waals surface area contributed by atoms with E-state index < -0.39 is 11.6 Å². The fraction of sp³-hybridized carbons (Fsp3) is 0.0714. The van der Waals surface area contributed by atoms with Gasteiger partial charge in [-0.3, -0.25) is 4.79 Å². The van der Waals surface area contributed by atoms with Crippen LogP contribution in [-0.4, -0.2) is 12.4 Å². The lowest BCUT2D eigenvalue weighted by atomic mass is 10.1. The molecule has 98 valence electrons. The Morgan fingerprint density at radius 3 is 2.58 bits per heavy atom. The summed E-state index contributed by atoms with van der Waals surface area (Å²) < 4.78 is 31.7. The standard InChI is InChI=1S/C14H9BrF2O2/c15-10-5-12(17)7-13(6-10)19-8-14(18)9-2-1-3-11(16)4-9/h1-7H,8H2. The predicted molar refractivity (Wildman–Crippen MR) is 70.3 cm³/mol. The van der Waals surface area contributed by atoms with Gasteiger partial charge in [-0.1, -0.05) is 28.1 Å². The monoisotopic (exact) mass is 326 g/mol. The van der Waals surface area contributed by atoms with Crippen LogP contribution in [0.3, 0.4) is 0 Å². The Morgan fingerprint density at radius 1 is 1.11 bits per heavy atom. The molecule has 0 aliphatic carbocycles. The van der Waals surface area contributed by atoms with Crippen LogP contribution in [0.1, 0.15) is 10.4 Å². The van der Waals surface area contributed by atoms with Crippen LogP contribution in [0.4, 0.5) is 8.78 Å². The van der Waals surface area contributed by atoms with Crippen molar-refractivity contribution in [2.24, 2.45) is 0 Å². The summed E-state index contributed by atoms with van der Waals surface area (Å²) in [7, 11) is 0. The number of hydrogen-bond donors (Lipinski definition) is 0. The molecule has 0 N–H and O–H groups in total. The summed E-state index contributed by atoms with van der Waals surface area (Å²) in [6.07, 6.45) is 0. The number of benzene rings is 2. The van der Waals surface area contributed by atoms with E-state index >= 15 is 0 Å². The molecule has 2 aromatic carbocycles. The molecule has 0 radical (unpaired) electrons. The highest BCUT2D eigenvalue weighted by molar-refractivity contribution is 9.10. The van der Waals surface area contributed by atoms with Crippen LogP contribution < -0.4 is 4.74 Å². The van der Waals surface area contributed by atoms with Crippen molar-refractivity contribution in [2.45, 2.75) is 0 Å². The maximum absolute atomic E-state index is 13.1. The lowest BCUT2D eigenvalue weighted by Crippen LogP contribution is -2.11. The molecule has 0 saturated carbocycles. The van der Waals surface area contributed by atoms with Gasteiger partial charge in [0.2, 0.25) is 0 Å². The van der Waals surface area contributed by atoms with E-state index in [1.165, 1.54) is 30.3 Å². The minimum absolute atomic E-state index is 0.218. The highest BCUT2D eigenvalue weighted by atomic mass is 79.9. The first-order valence-corrected chi connectivity index (χ1v) is 6.21. The summed E-state index contributed by atoms with van der Waals surface area (Å²) in [5.41, 5.74) is 0.218. The lowest BCUT2D eigenvalue weighted by Gasteiger charge is -2.06. The summed E-state index contributed by atoms with van der Waals surface area (Å²) in [5, 5.41) is 0. The molecule has 0 unspecified atom stereocenters. The second kappa shape index (κ2) is 5.93. The number of rotatable bonds is 4. The number of carbonyl (C=O) groups is 1. The van der Waals surface area contributed by atoms with Gasteiger partial charge >= 0.3 is 0 Å². The molecule has 0 amide bonds. The second-order valence-electron chi connectivity index (χ2n) is 3.83. The summed E-state index contributed by atoms with van der Waals surface area (Å²) >= 11 is 3.12. The average Bonchev–Trinajstić information content (AvgIpc) is 2.35. The third kappa shape index (κ3) is 3.86. The number of Topliss-reactive ketones (excluding diaryl/α,β-unsaturated/α-hetero) is 1. The molecule has 0 bridgehead atoms. The first-order chi connectivity index (χ1) is 9.04. The summed E-state index contributed by atoms with van der Waals surface area (Å²) in [6, 6.07) is 9.32. The van der Waals surface area contributed by atoms with Crippen molar-refractivity contribution in [3.05, 3.63) is 64.1 Å². The first kappa shape index (κ1) is 13.7. The van der Waals surface area contributed by atoms with Crippen molar-refractivity contribution < 1.29 is 18.3 Å². The van der Waals surface area contributed by atoms with Gasteiger partial charge in [-0.2, -0.15) is 0 Å². The topological polar surface area (TPSA) is 26.3 Å². The van der Waals surface area contributed by atoms with Crippen LogP contribution in [-0.2, 0) is 0 Å². The van der Waals surface area contributed by atoms with Crippen LogP contribution in [0.2, 0.25) is 0 Å². The Hall–Kier alpha value is -1.75. The Morgan fingerprint density at radius 2 is 1.89 bits per heavy atom. The molecule has 0 atom stereocenters. The van der Waals surface area contributed by atoms with E-state index in [1.807, 2.05) is 0 Å². The average molecular weight is 327 g/mol. The van der Waals surface area contributed by atoms with Gasteiger partial charge < -0.3 is 4.74 Å². The lowest BCUT2D eigenvalue weighted by molar-refractivity contribution is 0.0920. The highest BCUT2D eigenvalue weighted by Crippen LogP contribution is 2.20. The van der Waals surface area contributed by atoms with Gasteiger partial charge in [0.1, 0.15) is 17.4 Å². The van der Waals surface area contributed by atoms with Gasteiger partial charge in [-0.05, 0) is 24.3 Å². The van der Waals surface area contributed by atoms with Crippen LogP contribution >= 0.6 is 15.9 Å². The maximum atomic E-state index is 13.1. The zero-order valence-corrected chi connectivity index (χ0v) is 11.3. The third-order valence-corrected chi connectivity index (χ3v) is 2.81. The van der Waals surface area contributed by atoms with Crippen molar-refractivity contribution in [1.29, 1.82) is 0 Å². The smallest absolute Gasteiger partial charge is 0.200 e. The molecule has 0 fully saturated rings. The van der Waals surface area contributed by atoms with Crippen molar-refractivity contribution >= 4 is 21.7 Å².